The van der Waals surface area contributed by atoms with Crippen molar-refractivity contribution in [3.8, 4) is 41.1 Å². The molecule has 4 aliphatic heterocycles. The number of nitrogens with one attached hydrogen (secondary N) is 1. The summed E-state index contributed by atoms with van der Waals surface area (Å²) >= 11 is 0. The number of hydrogen-bond acceptors (Lipinski definition) is 9. The summed E-state index contributed by atoms with van der Waals surface area (Å²) in [4.78, 5) is 18.1. The van der Waals surface area contributed by atoms with Crippen LogP contribution >= 0.6 is 0 Å². The van der Waals surface area contributed by atoms with Crippen molar-refractivity contribution in [2.24, 2.45) is 0 Å². The second kappa shape index (κ2) is 11.8. The largest absolute Gasteiger partial charge is 0.508 e. The molecule has 2 aromatic heterocycles. The molecule has 2 N–H and O–H groups in total. The number of aromatic hydroxyl groups is 1. The number of halogens is 5. The van der Waals surface area contributed by atoms with Gasteiger partial charge in [-0.2, -0.15) is 23.1 Å². The van der Waals surface area contributed by atoms with Crippen molar-refractivity contribution in [1.82, 2.24) is 25.2 Å². The van der Waals surface area contributed by atoms with Gasteiger partial charge in [0.15, 0.2) is 12.4 Å². The third-order valence-corrected chi connectivity index (χ3v) is 10.2. The lowest BCUT2D eigenvalue weighted by molar-refractivity contribution is -0.153. The summed E-state index contributed by atoms with van der Waals surface area (Å²) < 4.78 is 82.7. The lowest BCUT2D eigenvalue weighted by atomic mass is 9.95. The average Bonchev–Trinajstić information content (AvgIpc) is 3.71. The second-order valence-electron chi connectivity index (χ2n) is 13.5. The van der Waals surface area contributed by atoms with Gasteiger partial charge in [0.2, 0.25) is 0 Å². The predicted molar refractivity (Wildman–Crippen MR) is 172 cm³/mol. The van der Waals surface area contributed by atoms with Gasteiger partial charge in [0.1, 0.15) is 41.4 Å². The molecule has 4 fully saturated rings. The third kappa shape index (κ3) is 5.72. The van der Waals surface area contributed by atoms with Gasteiger partial charge >= 0.3 is 12.2 Å². The Kier molecular flexibility index (Phi) is 7.68. The molecule has 2 bridgehead atoms. The van der Waals surface area contributed by atoms with Gasteiger partial charge in [-0.05, 0) is 55.8 Å². The highest BCUT2D eigenvalue weighted by Gasteiger charge is 2.49. The maximum Gasteiger partial charge on any atom is 0.422 e. The summed E-state index contributed by atoms with van der Waals surface area (Å²) in [6.45, 7) is 0.664. The highest BCUT2D eigenvalue weighted by Crippen LogP contribution is 2.45. The first-order valence-corrected chi connectivity index (χ1v) is 16.4. The van der Waals surface area contributed by atoms with Crippen LogP contribution in [0.25, 0.3) is 32.9 Å². The minimum Gasteiger partial charge on any atom is -0.508 e. The molecule has 0 saturated carbocycles. The number of phenols is 1. The van der Waals surface area contributed by atoms with Crippen molar-refractivity contribution >= 4 is 27.5 Å². The van der Waals surface area contributed by atoms with Crippen molar-refractivity contribution in [1.29, 1.82) is 0 Å². The summed E-state index contributed by atoms with van der Waals surface area (Å²) in [5.74, 6) is 1.42. The number of benzene rings is 2. The molecule has 4 saturated heterocycles. The van der Waals surface area contributed by atoms with Crippen molar-refractivity contribution in [2.45, 2.75) is 62.1 Å². The van der Waals surface area contributed by atoms with Crippen LogP contribution in [0, 0.1) is 18.2 Å². The Labute approximate surface area is 278 Å². The quantitative estimate of drug-likeness (QED) is 0.194. The molecular weight excluding hydrogens is 647 g/mol. The van der Waals surface area contributed by atoms with Crippen molar-refractivity contribution in [2.75, 3.05) is 44.3 Å². The molecule has 8 rings (SSSR count). The van der Waals surface area contributed by atoms with E-state index in [0.29, 0.717) is 42.6 Å². The average molecular weight is 681 g/mol. The molecule has 49 heavy (non-hydrogen) atoms. The summed E-state index contributed by atoms with van der Waals surface area (Å²) in [6, 6.07) is 5.49. The van der Waals surface area contributed by atoms with Crippen LogP contribution in [0.1, 0.15) is 37.7 Å². The van der Waals surface area contributed by atoms with Crippen LogP contribution in [0.2, 0.25) is 0 Å². The van der Waals surface area contributed by atoms with Gasteiger partial charge in [-0.15, -0.1) is 6.42 Å². The van der Waals surface area contributed by atoms with E-state index in [-0.39, 0.29) is 63.9 Å². The smallest absolute Gasteiger partial charge is 0.422 e. The zero-order chi connectivity index (χ0) is 34.1. The van der Waals surface area contributed by atoms with Crippen LogP contribution in [0.3, 0.4) is 0 Å². The number of terminal acetylenes is 1. The SMILES string of the molecule is C#Cc1c(F)ccc2cc(O)cc(-c3ncc4c(N5C[C@H]6CC[C@@H](C5)N6)nc(OC[C@@]56CCCN5C[C@H](F)C6)nc4c3OCC(F)(F)F)c12. The minimum atomic E-state index is -4.74. The number of anilines is 1. The lowest BCUT2D eigenvalue weighted by Crippen LogP contribution is -2.51. The highest BCUT2D eigenvalue weighted by atomic mass is 19.4. The van der Waals surface area contributed by atoms with Crippen LogP contribution in [-0.2, 0) is 0 Å². The molecule has 0 aliphatic carbocycles. The van der Waals surface area contributed by atoms with Gasteiger partial charge in [0, 0.05) is 55.3 Å². The van der Waals surface area contributed by atoms with Gasteiger partial charge in [0.05, 0.1) is 16.5 Å². The number of rotatable bonds is 7. The zero-order valence-electron chi connectivity index (χ0n) is 26.4. The Morgan fingerprint density at radius 1 is 1.10 bits per heavy atom. The number of fused-ring (bicyclic) bond motifs is 5. The van der Waals surface area contributed by atoms with Gasteiger partial charge in [0.25, 0.3) is 0 Å². The molecule has 0 amide bonds. The molecule has 256 valence electrons. The van der Waals surface area contributed by atoms with Crippen LogP contribution < -0.4 is 19.7 Å². The molecule has 4 aromatic rings. The Morgan fingerprint density at radius 3 is 2.65 bits per heavy atom. The normalized spacial score (nSPS) is 25.2. The highest BCUT2D eigenvalue weighted by molar-refractivity contribution is 6.05. The van der Waals surface area contributed by atoms with E-state index >= 15 is 4.39 Å². The molecule has 4 aliphatic rings. The first kappa shape index (κ1) is 31.8. The number of phenolic OH excluding ortho intramolecular Hbond substituents is 1. The predicted octanol–water partition coefficient (Wildman–Crippen LogP) is 5.51. The van der Waals surface area contributed by atoms with Gasteiger partial charge in [-0.3, -0.25) is 9.88 Å². The van der Waals surface area contributed by atoms with Gasteiger partial charge in [-0.25, -0.2) is 8.78 Å². The molecule has 6 heterocycles. The van der Waals surface area contributed by atoms with Crippen molar-refractivity contribution in [3.63, 3.8) is 0 Å². The Bertz CT molecular complexity index is 1990. The number of alkyl halides is 4. The number of piperazine rings is 1. The van der Waals surface area contributed by atoms with E-state index in [2.05, 4.69) is 26.1 Å². The Balaban J connectivity index is 1.33. The molecule has 9 nitrogen and oxygen atoms in total. The standard InChI is InChI=1S/C35H33F5N6O3/c1-2-24-27(37)7-4-19-10-23(47)11-25(28(19)24)29-31(48-18-35(38,39)40)30-26(13-41-29)32(45-15-21-5-6-22(16-45)42-21)44-33(43-30)49-17-34-8-3-9-46(34)14-20(36)12-34/h1,4,7,10-11,13,20-22,42,47H,3,5-6,8-9,12,14-18H2/t20-,21-,22+,34+/m1/s1. The van der Waals surface area contributed by atoms with E-state index in [1.165, 1.54) is 24.4 Å². The first-order chi connectivity index (χ1) is 23.5. The fourth-order valence-corrected chi connectivity index (χ4v) is 8.19. The van der Waals surface area contributed by atoms with E-state index in [0.717, 1.165) is 38.3 Å². The van der Waals surface area contributed by atoms with Crippen LogP contribution in [-0.4, -0.2) is 94.3 Å². The van der Waals surface area contributed by atoms with Crippen LogP contribution in [0.15, 0.2) is 30.5 Å². The second-order valence-corrected chi connectivity index (χ2v) is 13.5. The zero-order valence-corrected chi connectivity index (χ0v) is 26.4. The monoisotopic (exact) mass is 680 g/mol. The van der Waals surface area contributed by atoms with Gasteiger partial charge in [-0.1, -0.05) is 12.0 Å². The topological polar surface area (TPSA) is 95.9 Å². The Morgan fingerprint density at radius 2 is 1.90 bits per heavy atom. The van der Waals surface area contributed by atoms with Crippen molar-refractivity contribution < 1.29 is 36.5 Å². The van der Waals surface area contributed by atoms with Crippen LogP contribution in [0.4, 0.5) is 27.8 Å². The van der Waals surface area contributed by atoms with E-state index in [1.807, 2.05) is 4.90 Å². The van der Waals surface area contributed by atoms with Crippen LogP contribution in [0.5, 0.6) is 17.5 Å². The van der Waals surface area contributed by atoms with Crippen molar-refractivity contribution in [3.05, 3.63) is 41.8 Å². The summed E-state index contributed by atoms with van der Waals surface area (Å²) in [5, 5.41) is 15.1. The first-order valence-electron chi connectivity index (χ1n) is 16.4. The molecule has 4 atom stereocenters. The van der Waals surface area contributed by atoms with E-state index in [4.69, 9.17) is 20.9 Å². The van der Waals surface area contributed by atoms with E-state index in [9.17, 15) is 22.7 Å². The molecule has 0 radical (unpaired) electrons. The number of nitrogens with zero attached hydrogens (tertiary/aromatic N) is 5. The fraction of sp³-hybridized carbons (Fsp3) is 0.457. The third-order valence-electron chi connectivity index (χ3n) is 10.2. The molecule has 0 spiro atoms. The molecule has 0 unspecified atom stereocenters. The number of ether oxygens (including phenoxy) is 2. The van der Waals surface area contributed by atoms with Gasteiger partial charge < -0.3 is 24.8 Å². The molecule has 2 aromatic carbocycles. The summed E-state index contributed by atoms with van der Waals surface area (Å²) in [5.41, 5.74) is -0.757. The van der Waals surface area contributed by atoms with E-state index in [1.54, 1.807) is 0 Å². The maximum atomic E-state index is 15.0. The Hall–Kier alpha value is -4.48. The maximum absolute atomic E-state index is 15.0. The number of aromatic nitrogens is 3. The summed E-state index contributed by atoms with van der Waals surface area (Å²) in [7, 11) is 0. The molecule has 14 heteroatoms. The summed E-state index contributed by atoms with van der Waals surface area (Å²) in [6.07, 6.45) is 5.30. The molecular formula is C35H33F5N6O3. The fourth-order valence-electron chi connectivity index (χ4n) is 8.19. The number of pyridine rings is 1. The van der Waals surface area contributed by atoms with E-state index < -0.39 is 30.3 Å². The minimum absolute atomic E-state index is 0.00847. The number of hydrogen-bond donors (Lipinski definition) is 2. The lowest BCUT2D eigenvalue weighted by Gasteiger charge is -2.34.